The summed E-state index contributed by atoms with van der Waals surface area (Å²) in [4.78, 5) is 11.5. The molecule has 6 heteroatoms. The summed E-state index contributed by atoms with van der Waals surface area (Å²) in [5.41, 5.74) is 2.60. The van der Waals surface area contributed by atoms with Gasteiger partial charge in [0, 0.05) is 32.0 Å². The van der Waals surface area contributed by atoms with Crippen molar-refractivity contribution >= 4 is 29.9 Å². The number of nitrogens with zero attached hydrogens (tertiary/aromatic N) is 3. The lowest BCUT2D eigenvalue weighted by Crippen LogP contribution is -2.38. The van der Waals surface area contributed by atoms with E-state index in [0.29, 0.717) is 0 Å². The first-order chi connectivity index (χ1) is 12.2. The molecule has 26 heavy (non-hydrogen) atoms. The third kappa shape index (κ3) is 8.66. The van der Waals surface area contributed by atoms with Crippen molar-refractivity contribution < 1.29 is 0 Å². The fraction of sp³-hybridized carbons (Fsp3) is 0.700. The van der Waals surface area contributed by atoms with Gasteiger partial charge in [-0.2, -0.15) is 0 Å². The number of rotatable bonds is 8. The molecule has 1 aliphatic rings. The lowest BCUT2D eigenvalue weighted by molar-refractivity contribution is 0.192. The number of hydrogen-bond donors (Lipinski definition) is 2. The van der Waals surface area contributed by atoms with Crippen molar-refractivity contribution in [2.45, 2.75) is 46.5 Å². The first-order valence-corrected chi connectivity index (χ1v) is 9.83. The summed E-state index contributed by atoms with van der Waals surface area (Å²) in [6, 6.07) is 2.10. The summed E-state index contributed by atoms with van der Waals surface area (Å²) >= 11 is 0. The largest absolute Gasteiger partial charge is 0.357 e. The lowest BCUT2D eigenvalue weighted by atomic mass is 9.99. The summed E-state index contributed by atoms with van der Waals surface area (Å²) in [5.74, 6) is 1.84. The Bertz CT molecular complexity index is 527. The molecule has 1 fully saturated rings. The molecule has 0 aromatic carbocycles. The summed E-state index contributed by atoms with van der Waals surface area (Å²) < 4.78 is 0. The van der Waals surface area contributed by atoms with E-state index >= 15 is 0 Å². The number of nitrogens with one attached hydrogen (secondary N) is 2. The highest BCUT2D eigenvalue weighted by atomic mass is 127. The fourth-order valence-corrected chi connectivity index (χ4v) is 3.21. The second kappa shape index (κ2) is 13.3. The van der Waals surface area contributed by atoms with Gasteiger partial charge >= 0.3 is 0 Å². The van der Waals surface area contributed by atoms with E-state index in [1.807, 2.05) is 12.4 Å². The van der Waals surface area contributed by atoms with Gasteiger partial charge in [0.2, 0.25) is 0 Å². The zero-order valence-electron chi connectivity index (χ0n) is 16.6. The van der Waals surface area contributed by atoms with Gasteiger partial charge in [-0.25, -0.2) is 0 Å². The Morgan fingerprint density at radius 3 is 2.77 bits per heavy atom. The van der Waals surface area contributed by atoms with Crippen LogP contribution in [0.3, 0.4) is 0 Å². The van der Waals surface area contributed by atoms with Crippen molar-refractivity contribution in [1.29, 1.82) is 0 Å². The molecule has 2 rings (SSSR count). The van der Waals surface area contributed by atoms with Gasteiger partial charge in [0.1, 0.15) is 0 Å². The van der Waals surface area contributed by atoms with Crippen molar-refractivity contribution in [3.8, 4) is 0 Å². The Kier molecular flexibility index (Phi) is 11.8. The number of pyridine rings is 1. The third-order valence-corrected chi connectivity index (χ3v) is 4.95. The average molecular weight is 473 g/mol. The van der Waals surface area contributed by atoms with Crippen molar-refractivity contribution in [2.75, 3.05) is 39.3 Å². The van der Waals surface area contributed by atoms with Crippen LogP contribution in [0, 0.1) is 12.8 Å². The second-order valence-electron chi connectivity index (χ2n) is 7.12. The van der Waals surface area contributed by atoms with Crippen LogP contribution in [-0.4, -0.2) is 55.1 Å². The quantitative estimate of drug-likeness (QED) is 0.264. The standard InChI is InChI=1S/C20H35N5.HI/c1-4-22-20(24-12-7-19-6-11-21-16-18(19)3)23-10-5-13-25-14-8-17(2)9-15-25;/h6,11,16-17H,4-5,7-10,12-15H2,1-3H3,(H2,22,23,24);1H. The van der Waals surface area contributed by atoms with Gasteiger partial charge in [0.15, 0.2) is 5.96 Å². The van der Waals surface area contributed by atoms with Crippen LogP contribution in [0.2, 0.25) is 0 Å². The van der Waals surface area contributed by atoms with E-state index in [9.17, 15) is 0 Å². The normalized spacial score (nSPS) is 16.2. The molecule has 2 N–H and O–H groups in total. The molecule has 1 saturated heterocycles. The molecule has 0 atom stereocenters. The van der Waals surface area contributed by atoms with Crippen LogP contribution < -0.4 is 10.6 Å². The Morgan fingerprint density at radius 1 is 1.31 bits per heavy atom. The number of aryl methyl sites for hydroxylation is 1. The summed E-state index contributed by atoms with van der Waals surface area (Å²) in [6.07, 6.45) is 8.61. The zero-order chi connectivity index (χ0) is 17.9. The number of guanidine groups is 1. The number of aliphatic imine (C=N–C) groups is 1. The molecule has 5 nitrogen and oxygen atoms in total. The zero-order valence-corrected chi connectivity index (χ0v) is 19.0. The Hall–Kier alpha value is -0.890. The summed E-state index contributed by atoms with van der Waals surface area (Å²) in [7, 11) is 0. The molecule has 1 aliphatic heterocycles. The van der Waals surface area contributed by atoms with Gasteiger partial charge in [-0.15, -0.1) is 24.0 Å². The van der Waals surface area contributed by atoms with Crippen molar-refractivity contribution in [3.63, 3.8) is 0 Å². The minimum atomic E-state index is 0. The molecule has 148 valence electrons. The molecule has 0 bridgehead atoms. The first kappa shape index (κ1) is 23.1. The SMILES string of the molecule is CCNC(=NCCCN1CCC(C)CC1)NCCc1ccncc1C.I. The van der Waals surface area contributed by atoms with Crippen molar-refractivity contribution in [3.05, 3.63) is 29.6 Å². The van der Waals surface area contributed by atoms with Crippen LogP contribution in [0.5, 0.6) is 0 Å². The van der Waals surface area contributed by atoms with Crippen LogP contribution in [-0.2, 0) is 6.42 Å². The van der Waals surface area contributed by atoms with Crippen LogP contribution >= 0.6 is 24.0 Å². The molecular formula is C20H36IN5. The van der Waals surface area contributed by atoms with Crippen LogP contribution in [0.1, 0.15) is 44.2 Å². The number of hydrogen-bond acceptors (Lipinski definition) is 3. The lowest BCUT2D eigenvalue weighted by Gasteiger charge is -2.29. The van der Waals surface area contributed by atoms with Gasteiger partial charge in [-0.05, 0) is 82.3 Å². The highest BCUT2D eigenvalue weighted by molar-refractivity contribution is 14.0. The maximum Gasteiger partial charge on any atom is 0.191 e. The molecule has 0 saturated carbocycles. The van der Waals surface area contributed by atoms with Gasteiger partial charge in [0.25, 0.3) is 0 Å². The maximum absolute atomic E-state index is 4.72. The first-order valence-electron chi connectivity index (χ1n) is 9.83. The van der Waals surface area contributed by atoms with E-state index in [0.717, 1.165) is 44.4 Å². The van der Waals surface area contributed by atoms with Gasteiger partial charge in [0.05, 0.1) is 0 Å². The molecular weight excluding hydrogens is 437 g/mol. The van der Waals surface area contributed by atoms with Gasteiger partial charge in [-0.1, -0.05) is 6.92 Å². The molecule has 0 unspecified atom stereocenters. The van der Waals surface area contributed by atoms with Crippen LogP contribution in [0.15, 0.2) is 23.5 Å². The highest BCUT2D eigenvalue weighted by Crippen LogP contribution is 2.15. The fourth-order valence-electron chi connectivity index (χ4n) is 3.21. The Labute approximate surface area is 176 Å². The predicted molar refractivity (Wildman–Crippen MR) is 122 cm³/mol. The minimum Gasteiger partial charge on any atom is -0.357 e. The number of halogens is 1. The van der Waals surface area contributed by atoms with Crippen LogP contribution in [0.4, 0.5) is 0 Å². The monoisotopic (exact) mass is 473 g/mol. The molecule has 0 aliphatic carbocycles. The molecule has 1 aromatic rings. The number of piperidine rings is 1. The number of aromatic nitrogens is 1. The van der Waals surface area contributed by atoms with E-state index < -0.39 is 0 Å². The maximum atomic E-state index is 4.72. The number of likely N-dealkylation sites (tertiary alicyclic amines) is 1. The molecule has 0 amide bonds. The molecule has 0 radical (unpaired) electrons. The van der Waals surface area contributed by atoms with Gasteiger partial charge in [-0.3, -0.25) is 9.98 Å². The predicted octanol–water partition coefficient (Wildman–Crippen LogP) is 3.23. The summed E-state index contributed by atoms with van der Waals surface area (Å²) in [5, 5.41) is 6.79. The Morgan fingerprint density at radius 2 is 2.08 bits per heavy atom. The van der Waals surface area contributed by atoms with Gasteiger partial charge < -0.3 is 15.5 Å². The van der Waals surface area contributed by atoms with E-state index in [2.05, 4.69) is 47.4 Å². The Balaban J connectivity index is 0.00000338. The molecule has 2 heterocycles. The smallest absolute Gasteiger partial charge is 0.191 e. The second-order valence-corrected chi connectivity index (χ2v) is 7.12. The van der Waals surface area contributed by atoms with E-state index in [-0.39, 0.29) is 24.0 Å². The molecule has 1 aromatic heterocycles. The van der Waals surface area contributed by atoms with Crippen LogP contribution in [0.25, 0.3) is 0 Å². The average Bonchev–Trinajstić information content (AvgIpc) is 2.62. The van der Waals surface area contributed by atoms with Crippen molar-refractivity contribution in [2.24, 2.45) is 10.9 Å². The third-order valence-electron chi connectivity index (χ3n) is 4.95. The van der Waals surface area contributed by atoms with E-state index in [1.54, 1.807) is 0 Å². The van der Waals surface area contributed by atoms with E-state index in [4.69, 9.17) is 4.99 Å². The van der Waals surface area contributed by atoms with Crippen molar-refractivity contribution in [1.82, 2.24) is 20.5 Å². The topological polar surface area (TPSA) is 52.6 Å². The van der Waals surface area contributed by atoms with E-state index in [1.165, 1.54) is 43.6 Å². The highest BCUT2D eigenvalue weighted by Gasteiger charge is 2.14. The summed E-state index contributed by atoms with van der Waals surface area (Å²) in [6.45, 7) is 12.9. The molecule has 0 spiro atoms. The minimum absolute atomic E-state index is 0.